The highest BCUT2D eigenvalue weighted by Gasteiger charge is 2.34. The Morgan fingerprint density at radius 1 is 1.47 bits per heavy atom. The van der Waals surface area contributed by atoms with Crippen LogP contribution in [0, 0.1) is 5.92 Å². The molecule has 1 fully saturated rings. The summed E-state index contributed by atoms with van der Waals surface area (Å²) in [5.74, 6) is -1.23. The second-order valence-corrected chi connectivity index (χ2v) is 3.95. The fourth-order valence-corrected chi connectivity index (χ4v) is 1.84. The molecule has 0 aromatic rings. The Bertz CT molecular complexity index is 255. The Hall–Kier alpha value is -1.26. The molecule has 2 atom stereocenters. The van der Waals surface area contributed by atoms with Crippen LogP contribution < -0.4 is 5.32 Å². The highest BCUT2D eigenvalue weighted by Crippen LogP contribution is 2.25. The van der Waals surface area contributed by atoms with Crippen LogP contribution in [0.4, 0.5) is 4.79 Å². The molecule has 2 amide bonds. The van der Waals surface area contributed by atoms with Gasteiger partial charge in [0.05, 0.1) is 5.92 Å². The number of nitrogens with one attached hydrogen (secondary N) is 1. The monoisotopic (exact) mass is 214 g/mol. The molecule has 0 spiro atoms. The van der Waals surface area contributed by atoms with Crippen molar-refractivity contribution in [3.05, 3.63) is 0 Å². The van der Waals surface area contributed by atoms with E-state index in [-0.39, 0.29) is 12.1 Å². The maximum atomic E-state index is 11.5. The van der Waals surface area contributed by atoms with E-state index in [9.17, 15) is 9.59 Å². The molecule has 0 radical (unpaired) electrons. The van der Waals surface area contributed by atoms with Crippen LogP contribution in [-0.4, -0.2) is 41.6 Å². The first-order valence-corrected chi connectivity index (χ1v) is 5.30. The smallest absolute Gasteiger partial charge is 0.317 e. The van der Waals surface area contributed by atoms with Crippen molar-refractivity contribution in [1.29, 1.82) is 0 Å². The molecule has 0 saturated heterocycles. The number of carbonyl (C=O) groups is 2. The van der Waals surface area contributed by atoms with Gasteiger partial charge < -0.3 is 15.3 Å². The van der Waals surface area contributed by atoms with E-state index >= 15 is 0 Å². The maximum Gasteiger partial charge on any atom is 0.317 e. The molecule has 5 nitrogen and oxygen atoms in total. The molecular formula is C10H18N2O3. The highest BCUT2D eigenvalue weighted by atomic mass is 16.4. The minimum Gasteiger partial charge on any atom is -0.481 e. The molecule has 15 heavy (non-hydrogen) atoms. The standard InChI is InChI=1S/C10H18N2O3/c1-3-12(2)10(15)11-8-6-4-5-7(8)9(13)14/h7-8H,3-6H2,1-2H3,(H,11,15)(H,13,14). The number of carbonyl (C=O) groups excluding carboxylic acids is 1. The van der Waals surface area contributed by atoms with Gasteiger partial charge in [0.2, 0.25) is 0 Å². The summed E-state index contributed by atoms with van der Waals surface area (Å²) < 4.78 is 0. The van der Waals surface area contributed by atoms with Crippen molar-refractivity contribution in [2.75, 3.05) is 13.6 Å². The summed E-state index contributed by atoms with van der Waals surface area (Å²) in [4.78, 5) is 23.9. The van der Waals surface area contributed by atoms with E-state index in [1.165, 1.54) is 4.90 Å². The molecule has 86 valence electrons. The number of rotatable bonds is 3. The largest absolute Gasteiger partial charge is 0.481 e. The quantitative estimate of drug-likeness (QED) is 0.733. The van der Waals surface area contributed by atoms with Crippen molar-refractivity contribution >= 4 is 12.0 Å². The molecule has 2 N–H and O–H groups in total. The van der Waals surface area contributed by atoms with E-state index in [1.807, 2.05) is 6.92 Å². The molecule has 0 aromatic carbocycles. The van der Waals surface area contributed by atoms with Gasteiger partial charge in [-0.3, -0.25) is 4.79 Å². The summed E-state index contributed by atoms with van der Waals surface area (Å²) in [6, 6.07) is -0.389. The van der Waals surface area contributed by atoms with Crippen LogP contribution in [0.3, 0.4) is 0 Å². The number of hydrogen-bond donors (Lipinski definition) is 2. The van der Waals surface area contributed by atoms with E-state index in [0.717, 1.165) is 12.8 Å². The first-order chi connectivity index (χ1) is 7.06. The summed E-state index contributed by atoms with van der Waals surface area (Å²) in [5, 5.41) is 11.7. The SMILES string of the molecule is CCN(C)C(=O)NC1CCCC1C(=O)O. The van der Waals surface area contributed by atoms with E-state index in [1.54, 1.807) is 7.05 Å². The van der Waals surface area contributed by atoms with Crippen LogP contribution in [0.1, 0.15) is 26.2 Å². The lowest BCUT2D eigenvalue weighted by Gasteiger charge is -2.22. The van der Waals surface area contributed by atoms with Crippen LogP contribution in [0.25, 0.3) is 0 Å². The lowest BCUT2D eigenvalue weighted by Crippen LogP contribution is -2.45. The van der Waals surface area contributed by atoms with Crippen molar-refractivity contribution in [3.63, 3.8) is 0 Å². The molecule has 1 aliphatic carbocycles. The van der Waals surface area contributed by atoms with Crippen molar-refractivity contribution in [1.82, 2.24) is 10.2 Å². The summed E-state index contributed by atoms with van der Waals surface area (Å²) in [7, 11) is 1.69. The Balaban J connectivity index is 2.50. The van der Waals surface area contributed by atoms with Gasteiger partial charge in [0, 0.05) is 19.6 Å². The highest BCUT2D eigenvalue weighted by molar-refractivity contribution is 5.76. The van der Waals surface area contributed by atoms with E-state index in [4.69, 9.17) is 5.11 Å². The number of hydrogen-bond acceptors (Lipinski definition) is 2. The molecule has 2 unspecified atom stereocenters. The van der Waals surface area contributed by atoms with Crippen molar-refractivity contribution < 1.29 is 14.7 Å². The number of nitrogens with zero attached hydrogens (tertiary/aromatic N) is 1. The van der Waals surface area contributed by atoms with Gasteiger partial charge in [-0.2, -0.15) is 0 Å². The molecule has 1 rings (SSSR count). The lowest BCUT2D eigenvalue weighted by molar-refractivity contribution is -0.142. The fraction of sp³-hybridized carbons (Fsp3) is 0.800. The van der Waals surface area contributed by atoms with Crippen LogP contribution >= 0.6 is 0 Å². The first kappa shape index (κ1) is 11.8. The molecule has 5 heteroatoms. The number of carboxylic acids is 1. The number of urea groups is 1. The molecular weight excluding hydrogens is 196 g/mol. The Kier molecular flexibility index (Phi) is 3.94. The van der Waals surface area contributed by atoms with Gasteiger partial charge in [-0.05, 0) is 19.8 Å². The summed E-state index contributed by atoms with van der Waals surface area (Å²) in [6.07, 6.45) is 2.30. The number of carboxylic acid groups (broad SMARTS) is 1. The molecule has 0 aromatic heterocycles. The van der Waals surface area contributed by atoms with Gasteiger partial charge in [0.15, 0.2) is 0 Å². The first-order valence-electron chi connectivity index (χ1n) is 5.30. The van der Waals surface area contributed by atoms with E-state index < -0.39 is 11.9 Å². The zero-order chi connectivity index (χ0) is 11.4. The minimum absolute atomic E-state index is 0.185. The van der Waals surface area contributed by atoms with Gasteiger partial charge in [-0.1, -0.05) is 6.42 Å². The lowest BCUT2D eigenvalue weighted by atomic mass is 10.0. The maximum absolute atomic E-state index is 11.5. The van der Waals surface area contributed by atoms with E-state index in [2.05, 4.69) is 5.32 Å². The second-order valence-electron chi connectivity index (χ2n) is 3.95. The average Bonchev–Trinajstić information content (AvgIpc) is 2.64. The van der Waals surface area contributed by atoms with Gasteiger partial charge in [-0.25, -0.2) is 4.79 Å². The van der Waals surface area contributed by atoms with Crippen LogP contribution in [0.15, 0.2) is 0 Å². The second kappa shape index (κ2) is 5.00. The van der Waals surface area contributed by atoms with Crippen LogP contribution in [0.5, 0.6) is 0 Å². The van der Waals surface area contributed by atoms with Gasteiger partial charge in [0.25, 0.3) is 0 Å². The number of aliphatic carboxylic acids is 1. The van der Waals surface area contributed by atoms with Crippen LogP contribution in [-0.2, 0) is 4.79 Å². The normalized spacial score (nSPS) is 24.9. The molecule has 0 heterocycles. The summed E-state index contributed by atoms with van der Waals surface area (Å²) in [5.41, 5.74) is 0. The molecule has 1 saturated carbocycles. The summed E-state index contributed by atoms with van der Waals surface area (Å²) >= 11 is 0. The van der Waals surface area contributed by atoms with Crippen molar-refractivity contribution in [2.24, 2.45) is 5.92 Å². The third-order valence-corrected chi connectivity index (χ3v) is 2.96. The number of amides is 2. The minimum atomic E-state index is -0.808. The molecule has 0 bridgehead atoms. The van der Waals surface area contributed by atoms with Crippen LogP contribution in [0.2, 0.25) is 0 Å². The van der Waals surface area contributed by atoms with E-state index in [0.29, 0.717) is 13.0 Å². The fourth-order valence-electron chi connectivity index (χ4n) is 1.84. The molecule has 1 aliphatic rings. The van der Waals surface area contributed by atoms with Crippen molar-refractivity contribution in [3.8, 4) is 0 Å². The predicted molar refractivity (Wildman–Crippen MR) is 55.6 cm³/mol. The summed E-state index contributed by atoms with van der Waals surface area (Å²) in [6.45, 7) is 2.50. The molecule has 0 aliphatic heterocycles. The third kappa shape index (κ3) is 2.84. The topological polar surface area (TPSA) is 69.6 Å². The zero-order valence-electron chi connectivity index (χ0n) is 9.19. The predicted octanol–water partition coefficient (Wildman–Crippen LogP) is 0.901. The Morgan fingerprint density at radius 2 is 2.13 bits per heavy atom. The van der Waals surface area contributed by atoms with Gasteiger partial charge in [-0.15, -0.1) is 0 Å². The average molecular weight is 214 g/mol. The van der Waals surface area contributed by atoms with Gasteiger partial charge >= 0.3 is 12.0 Å². The van der Waals surface area contributed by atoms with Gasteiger partial charge in [0.1, 0.15) is 0 Å². The Morgan fingerprint density at radius 3 is 2.67 bits per heavy atom. The third-order valence-electron chi connectivity index (χ3n) is 2.96. The Labute approximate surface area is 89.4 Å². The zero-order valence-corrected chi connectivity index (χ0v) is 9.19. The van der Waals surface area contributed by atoms with Crippen molar-refractivity contribution in [2.45, 2.75) is 32.2 Å².